The van der Waals surface area contributed by atoms with Crippen molar-refractivity contribution in [2.45, 2.75) is 12.8 Å². The number of para-hydroxylation sites is 1. The number of aldehydes is 1. The Morgan fingerprint density at radius 1 is 1.00 bits per heavy atom. The third kappa shape index (κ3) is 2.59. The van der Waals surface area contributed by atoms with Crippen molar-refractivity contribution < 1.29 is 9.53 Å². The predicted molar refractivity (Wildman–Crippen MR) is 72.8 cm³/mol. The quantitative estimate of drug-likeness (QED) is 0.748. The van der Waals surface area contributed by atoms with Crippen LogP contribution < -0.4 is 4.74 Å². The lowest BCUT2D eigenvalue weighted by molar-refractivity contribution is -0.107. The molecule has 0 saturated carbocycles. The minimum atomic E-state index is 0.548. The fourth-order valence-electron chi connectivity index (χ4n) is 2.08. The van der Waals surface area contributed by atoms with Crippen molar-refractivity contribution in [2.75, 3.05) is 7.11 Å². The molecule has 0 aliphatic carbocycles. The van der Waals surface area contributed by atoms with E-state index in [4.69, 9.17) is 4.74 Å². The van der Waals surface area contributed by atoms with Gasteiger partial charge < -0.3 is 9.53 Å². The first kappa shape index (κ1) is 12.4. The molecule has 2 heteroatoms. The fraction of sp³-hybridized carbons (Fsp3) is 0.188. The topological polar surface area (TPSA) is 26.3 Å². The van der Waals surface area contributed by atoms with Crippen molar-refractivity contribution in [1.29, 1.82) is 0 Å². The summed E-state index contributed by atoms with van der Waals surface area (Å²) in [6, 6.07) is 16.1. The number of hydrogen-bond acceptors (Lipinski definition) is 2. The molecule has 0 radical (unpaired) electrons. The van der Waals surface area contributed by atoms with Gasteiger partial charge in [0, 0.05) is 12.0 Å². The van der Waals surface area contributed by atoms with Gasteiger partial charge in [0.1, 0.15) is 12.0 Å². The Morgan fingerprint density at radius 2 is 1.67 bits per heavy atom. The van der Waals surface area contributed by atoms with Gasteiger partial charge in [-0.1, -0.05) is 42.5 Å². The minimum Gasteiger partial charge on any atom is -0.496 e. The zero-order valence-electron chi connectivity index (χ0n) is 10.4. The molecule has 0 aromatic heterocycles. The SMILES string of the molecule is COc1ccccc1-c1ccccc1CCC=O. The van der Waals surface area contributed by atoms with E-state index in [1.54, 1.807) is 7.11 Å². The number of carbonyl (C=O) groups excluding carboxylic acids is 1. The summed E-state index contributed by atoms with van der Waals surface area (Å²) in [7, 11) is 1.67. The Labute approximate surface area is 107 Å². The van der Waals surface area contributed by atoms with Crippen LogP contribution in [0.25, 0.3) is 11.1 Å². The van der Waals surface area contributed by atoms with E-state index in [0.29, 0.717) is 6.42 Å². The summed E-state index contributed by atoms with van der Waals surface area (Å²) in [6.07, 6.45) is 2.27. The Bertz CT molecular complexity index is 532. The average molecular weight is 240 g/mol. The molecule has 0 fully saturated rings. The zero-order valence-corrected chi connectivity index (χ0v) is 10.4. The summed E-state index contributed by atoms with van der Waals surface area (Å²) < 4.78 is 5.39. The van der Waals surface area contributed by atoms with Crippen molar-refractivity contribution in [1.82, 2.24) is 0 Å². The van der Waals surface area contributed by atoms with Crippen molar-refractivity contribution in [3.05, 3.63) is 54.1 Å². The second-order valence-electron chi connectivity index (χ2n) is 4.06. The second-order valence-corrected chi connectivity index (χ2v) is 4.06. The molecule has 92 valence electrons. The molecule has 2 nitrogen and oxygen atoms in total. The van der Waals surface area contributed by atoms with Crippen LogP contribution in [0.2, 0.25) is 0 Å². The Kier molecular flexibility index (Phi) is 4.13. The van der Waals surface area contributed by atoms with Crippen molar-refractivity contribution in [3.63, 3.8) is 0 Å². The lowest BCUT2D eigenvalue weighted by Crippen LogP contribution is -1.93. The standard InChI is InChI=1S/C16H16O2/c1-18-16-11-5-4-10-15(16)14-9-3-2-7-13(14)8-6-12-17/h2-5,7,9-12H,6,8H2,1H3. The third-order valence-corrected chi connectivity index (χ3v) is 2.95. The molecule has 18 heavy (non-hydrogen) atoms. The molecule has 0 heterocycles. The molecule has 0 aliphatic rings. The number of aryl methyl sites for hydroxylation is 1. The van der Waals surface area contributed by atoms with Gasteiger partial charge in [-0.2, -0.15) is 0 Å². The molecule has 2 aromatic carbocycles. The maximum Gasteiger partial charge on any atom is 0.126 e. The van der Waals surface area contributed by atoms with Gasteiger partial charge in [-0.3, -0.25) is 0 Å². The summed E-state index contributed by atoms with van der Waals surface area (Å²) in [5.74, 6) is 0.857. The molecular weight excluding hydrogens is 224 g/mol. The maximum atomic E-state index is 10.5. The summed E-state index contributed by atoms with van der Waals surface area (Å²) in [6.45, 7) is 0. The van der Waals surface area contributed by atoms with E-state index < -0.39 is 0 Å². The largest absolute Gasteiger partial charge is 0.496 e. The van der Waals surface area contributed by atoms with Gasteiger partial charge in [0.2, 0.25) is 0 Å². The molecule has 0 amide bonds. The van der Waals surface area contributed by atoms with Crippen LogP contribution >= 0.6 is 0 Å². The molecule has 0 unspecified atom stereocenters. The van der Waals surface area contributed by atoms with Crippen LogP contribution in [0.15, 0.2) is 48.5 Å². The number of hydrogen-bond donors (Lipinski definition) is 0. The van der Waals surface area contributed by atoms with Gasteiger partial charge >= 0.3 is 0 Å². The maximum absolute atomic E-state index is 10.5. The smallest absolute Gasteiger partial charge is 0.126 e. The number of ether oxygens (including phenoxy) is 1. The third-order valence-electron chi connectivity index (χ3n) is 2.95. The fourth-order valence-corrected chi connectivity index (χ4v) is 2.08. The van der Waals surface area contributed by atoms with Crippen LogP contribution in [0.4, 0.5) is 0 Å². The lowest BCUT2D eigenvalue weighted by Gasteiger charge is -2.12. The highest BCUT2D eigenvalue weighted by atomic mass is 16.5. The van der Waals surface area contributed by atoms with Gasteiger partial charge in [0.15, 0.2) is 0 Å². The summed E-state index contributed by atoms with van der Waals surface area (Å²) >= 11 is 0. The number of benzene rings is 2. The van der Waals surface area contributed by atoms with Crippen molar-refractivity contribution in [2.24, 2.45) is 0 Å². The molecule has 2 rings (SSSR count). The van der Waals surface area contributed by atoms with E-state index in [0.717, 1.165) is 29.6 Å². The highest BCUT2D eigenvalue weighted by molar-refractivity contribution is 5.73. The van der Waals surface area contributed by atoms with E-state index >= 15 is 0 Å². The van der Waals surface area contributed by atoms with Crippen molar-refractivity contribution in [3.8, 4) is 16.9 Å². The van der Waals surface area contributed by atoms with Crippen molar-refractivity contribution >= 4 is 6.29 Å². The molecule has 0 aliphatic heterocycles. The predicted octanol–water partition coefficient (Wildman–Crippen LogP) is 3.49. The van der Waals surface area contributed by atoms with Crippen LogP contribution in [0.1, 0.15) is 12.0 Å². The van der Waals surface area contributed by atoms with Crippen LogP contribution in [-0.2, 0) is 11.2 Å². The van der Waals surface area contributed by atoms with E-state index in [2.05, 4.69) is 12.1 Å². The highest BCUT2D eigenvalue weighted by Crippen LogP contribution is 2.32. The second kappa shape index (κ2) is 6.01. The van der Waals surface area contributed by atoms with Gasteiger partial charge in [0.25, 0.3) is 0 Å². The lowest BCUT2D eigenvalue weighted by atomic mass is 9.96. The molecule has 2 aromatic rings. The monoisotopic (exact) mass is 240 g/mol. The minimum absolute atomic E-state index is 0.548. The zero-order chi connectivity index (χ0) is 12.8. The first-order valence-corrected chi connectivity index (χ1v) is 6.01. The van der Waals surface area contributed by atoms with Gasteiger partial charge in [-0.25, -0.2) is 0 Å². The summed E-state index contributed by atoms with van der Waals surface area (Å²) in [5.41, 5.74) is 3.38. The first-order valence-electron chi connectivity index (χ1n) is 6.01. The van der Waals surface area contributed by atoms with Crippen LogP contribution in [-0.4, -0.2) is 13.4 Å². The molecular formula is C16H16O2. The van der Waals surface area contributed by atoms with E-state index in [1.807, 2.05) is 36.4 Å². The normalized spacial score (nSPS) is 10.1. The molecule has 0 saturated heterocycles. The van der Waals surface area contributed by atoms with Gasteiger partial charge in [-0.15, -0.1) is 0 Å². The van der Waals surface area contributed by atoms with Crippen LogP contribution in [0.5, 0.6) is 5.75 Å². The average Bonchev–Trinajstić information content (AvgIpc) is 2.45. The number of methoxy groups -OCH3 is 1. The summed E-state index contributed by atoms with van der Waals surface area (Å²) in [4.78, 5) is 10.5. The Hall–Kier alpha value is -2.09. The number of rotatable bonds is 5. The summed E-state index contributed by atoms with van der Waals surface area (Å²) in [5, 5.41) is 0. The first-order chi connectivity index (χ1) is 8.86. The molecule has 0 atom stereocenters. The van der Waals surface area contributed by atoms with Gasteiger partial charge in [-0.05, 0) is 23.6 Å². The van der Waals surface area contributed by atoms with Gasteiger partial charge in [0.05, 0.1) is 7.11 Å². The van der Waals surface area contributed by atoms with E-state index in [9.17, 15) is 4.79 Å². The Balaban J connectivity index is 2.46. The van der Waals surface area contributed by atoms with Crippen LogP contribution in [0.3, 0.4) is 0 Å². The highest BCUT2D eigenvalue weighted by Gasteiger charge is 2.08. The number of carbonyl (C=O) groups is 1. The van der Waals surface area contributed by atoms with Crippen LogP contribution in [0, 0.1) is 0 Å². The molecule has 0 spiro atoms. The Morgan fingerprint density at radius 3 is 2.39 bits per heavy atom. The molecule has 0 N–H and O–H groups in total. The van der Waals surface area contributed by atoms with E-state index in [-0.39, 0.29) is 0 Å². The molecule has 0 bridgehead atoms. The van der Waals surface area contributed by atoms with E-state index in [1.165, 1.54) is 5.56 Å².